The predicted molar refractivity (Wildman–Crippen MR) is 97.9 cm³/mol. The Bertz CT molecular complexity index is 574. The first-order valence-corrected chi connectivity index (χ1v) is 10.5. The Labute approximate surface area is 152 Å². The molecule has 0 radical (unpaired) electrons. The van der Waals surface area contributed by atoms with Crippen molar-refractivity contribution in [2.75, 3.05) is 6.61 Å². The molecule has 0 aromatic heterocycles. The van der Waals surface area contributed by atoms with Crippen molar-refractivity contribution in [2.45, 2.75) is 91.1 Å². The van der Waals surface area contributed by atoms with Gasteiger partial charge in [0.25, 0.3) is 0 Å². The molecule has 1 N–H and O–H groups in total. The molecular formula is C22H36O3. The van der Waals surface area contributed by atoms with Gasteiger partial charge in [0.1, 0.15) is 5.60 Å². The molecule has 5 aliphatic carbocycles. The van der Waals surface area contributed by atoms with Gasteiger partial charge < -0.3 is 9.84 Å². The summed E-state index contributed by atoms with van der Waals surface area (Å²) in [6.07, 6.45) is 11.1. The average Bonchev–Trinajstić information content (AvgIpc) is 2.53. The fourth-order valence-corrected chi connectivity index (χ4v) is 8.44. The van der Waals surface area contributed by atoms with Crippen molar-refractivity contribution >= 4 is 5.97 Å². The Morgan fingerprint density at radius 1 is 1.08 bits per heavy atom. The number of ether oxygens (including phenoxy) is 1. The van der Waals surface area contributed by atoms with Crippen molar-refractivity contribution < 1.29 is 14.6 Å². The standard InChI is InChI=1S/C22H36O3/c1-15(24)25-21(4)13-22-10-6-16(21)12-18(22)20(3)9-5-8-19(2,14-23)17(20)7-11-22/h16-18,23H,5-14H2,1-4H3. The topological polar surface area (TPSA) is 46.5 Å². The number of hydrogen-bond donors (Lipinski definition) is 1. The zero-order chi connectivity index (χ0) is 18.1. The Kier molecular flexibility index (Phi) is 3.90. The summed E-state index contributed by atoms with van der Waals surface area (Å²) in [5, 5.41) is 10.2. The van der Waals surface area contributed by atoms with Gasteiger partial charge in [-0.15, -0.1) is 0 Å². The molecule has 3 heteroatoms. The third kappa shape index (κ3) is 2.37. The number of carbonyl (C=O) groups is 1. The van der Waals surface area contributed by atoms with E-state index in [1.165, 1.54) is 51.4 Å². The van der Waals surface area contributed by atoms with Crippen LogP contribution in [0.25, 0.3) is 0 Å². The van der Waals surface area contributed by atoms with E-state index in [2.05, 4.69) is 20.8 Å². The van der Waals surface area contributed by atoms with Gasteiger partial charge in [-0.25, -0.2) is 0 Å². The maximum Gasteiger partial charge on any atom is 0.303 e. The molecule has 5 saturated carbocycles. The van der Waals surface area contributed by atoms with Gasteiger partial charge >= 0.3 is 5.97 Å². The summed E-state index contributed by atoms with van der Waals surface area (Å²) in [4.78, 5) is 11.7. The highest BCUT2D eigenvalue weighted by atomic mass is 16.6. The van der Waals surface area contributed by atoms with Gasteiger partial charge in [-0.05, 0) is 92.3 Å². The van der Waals surface area contributed by atoms with Crippen LogP contribution in [0.1, 0.15) is 85.5 Å². The van der Waals surface area contributed by atoms with Gasteiger partial charge in [-0.1, -0.05) is 20.3 Å². The number of aliphatic hydroxyl groups is 1. The van der Waals surface area contributed by atoms with E-state index >= 15 is 0 Å². The molecule has 7 unspecified atom stereocenters. The quantitative estimate of drug-likeness (QED) is 0.735. The molecular weight excluding hydrogens is 312 g/mol. The highest BCUT2D eigenvalue weighted by Crippen LogP contribution is 2.73. The highest BCUT2D eigenvalue weighted by molar-refractivity contribution is 5.66. The lowest BCUT2D eigenvalue weighted by Gasteiger charge is -2.70. The molecule has 142 valence electrons. The van der Waals surface area contributed by atoms with E-state index in [1.54, 1.807) is 6.92 Å². The smallest absolute Gasteiger partial charge is 0.303 e. The Hall–Kier alpha value is -0.570. The zero-order valence-electron chi connectivity index (χ0n) is 16.6. The van der Waals surface area contributed by atoms with Crippen molar-refractivity contribution in [1.82, 2.24) is 0 Å². The van der Waals surface area contributed by atoms with Crippen molar-refractivity contribution in [1.29, 1.82) is 0 Å². The monoisotopic (exact) mass is 348 g/mol. The number of hydrogen-bond acceptors (Lipinski definition) is 3. The molecule has 2 bridgehead atoms. The molecule has 0 amide bonds. The van der Waals surface area contributed by atoms with Gasteiger partial charge in [0.05, 0.1) is 0 Å². The summed E-state index contributed by atoms with van der Waals surface area (Å²) < 4.78 is 5.91. The number of rotatable bonds is 2. The molecule has 0 aromatic rings. The van der Waals surface area contributed by atoms with Crippen molar-refractivity contribution in [2.24, 2.45) is 34.0 Å². The third-order valence-corrected chi connectivity index (χ3v) is 9.38. The third-order valence-electron chi connectivity index (χ3n) is 9.38. The largest absolute Gasteiger partial charge is 0.459 e. The van der Waals surface area contributed by atoms with Crippen molar-refractivity contribution in [3.63, 3.8) is 0 Å². The van der Waals surface area contributed by atoms with Crippen LogP contribution in [0.2, 0.25) is 0 Å². The lowest BCUT2D eigenvalue weighted by Crippen LogP contribution is -2.65. The van der Waals surface area contributed by atoms with E-state index in [9.17, 15) is 9.90 Å². The summed E-state index contributed by atoms with van der Waals surface area (Å²) in [7, 11) is 0. The minimum atomic E-state index is -0.251. The summed E-state index contributed by atoms with van der Waals surface area (Å²) in [5.41, 5.74) is 0.561. The van der Waals surface area contributed by atoms with Crippen LogP contribution in [0, 0.1) is 34.0 Å². The van der Waals surface area contributed by atoms with Crippen LogP contribution in [0.5, 0.6) is 0 Å². The summed E-state index contributed by atoms with van der Waals surface area (Å²) in [6, 6.07) is 0. The minimum Gasteiger partial charge on any atom is -0.459 e. The predicted octanol–water partition coefficient (Wildman–Crippen LogP) is 4.71. The molecule has 0 heterocycles. The molecule has 25 heavy (non-hydrogen) atoms. The van der Waals surface area contributed by atoms with E-state index in [-0.39, 0.29) is 17.0 Å². The SMILES string of the molecule is CC(=O)OC1(C)CC23CCC1CC2C1(C)CCCC(C)(CO)C1CC3. The first kappa shape index (κ1) is 17.8. The molecule has 5 aliphatic rings. The number of carbonyl (C=O) groups excluding carboxylic acids is 1. The van der Waals surface area contributed by atoms with Crippen LogP contribution in [-0.4, -0.2) is 23.3 Å². The highest BCUT2D eigenvalue weighted by Gasteiger charge is 2.67. The molecule has 0 aromatic carbocycles. The zero-order valence-corrected chi connectivity index (χ0v) is 16.6. The number of aliphatic hydroxyl groups excluding tert-OH is 1. The van der Waals surface area contributed by atoms with Crippen LogP contribution in [0.3, 0.4) is 0 Å². The normalized spacial score (nSPS) is 54.5. The van der Waals surface area contributed by atoms with E-state index < -0.39 is 0 Å². The molecule has 5 fully saturated rings. The Balaban J connectivity index is 1.68. The molecule has 5 rings (SSSR count). The van der Waals surface area contributed by atoms with Crippen LogP contribution < -0.4 is 0 Å². The maximum absolute atomic E-state index is 11.7. The number of fused-ring (bicyclic) bond motifs is 3. The van der Waals surface area contributed by atoms with Crippen molar-refractivity contribution in [3.05, 3.63) is 0 Å². The lowest BCUT2D eigenvalue weighted by molar-refractivity contribution is -0.242. The summed E-state index contributed by atoms with van der Waals surface area (Å²) in [5.74, 6) is 1.79. The molecule has 0 aliphatic heterocycles. The van der Waals surface area contributed by atoms with Gasteiger partial charge in [0, 0.05) is 13.5 Å². The second kappa shape index (κ2) is 5.47. The second-order valence-corrected chi connectivity index (χ2v) is 10.7. The van der Waals surface area contributed by atoms with Crippen LogP contribution in [-0.2, 0) is 9.53 Å². The first-order chi connectivity index (χ1) is 11.7. The van der Waals surface area contributed by atoms with Gasteiger partial charge in [-0.3, -0.25) is 4.79 Å². The van der Waals surface area contributed by atoms with E-state index in [4.69, 9.17) is 4.74 Å². The lowest BCUT2D eigenvalue weighted by atomic mass is 9.36. The van der Waals surface area contributed by atoms with Crippen molar-refractivity contribution in [3.8, 4) is 0 Å². The van der Waals surface area contributed by atoms with Crippen LogP contribution in [0.4, 0.5) is 0 Å². The minimum absolute atomic E-state index is 0.102. The summed E-state index contributed by atoms with van der Waals surface area (Å²) >= 11 is 0. The molecule has 3 nitrogen and oxygen atoms in total. The molecule has 0 saturated heterocycles. The second-order valence-electron chi connectivity index (χ2n) is 10.7. The van der Waals surface area contributed by atoms with E-state index in [1.807, 2.05) is 0 Å². The fourth-order valence-electron chi connectivity index (χ4n) is 8.44. The van der Waals surface area contributed by atoms with Gasteiger partial charge in [0.2, 0.25) is 0 Å². The van der Waals surface area contributed by atoms with Crippen LogP contribution in [0.15, 0.2) is 0 Å². The Morgan fingerprint density at radius 2 is 1.80 bits per heavy atom. The average molecular weight is 349 g/mol. The fraction of sp³-hybridized carbons (Fsp3) is 0.955. The van der Waals surface area contributed by atoms with Crippen LogP contribution >= 0.6 is 0 Å². The van der Waals surface area contributed by atoms with Gasteiger partial charge in [-0.2, -0.15) is 0 Å². The van der Waals surface area contributed by atoms with E-state index in [0.29, 0.717) is 29.3 Å². The van der Waals surface area contributed by atoms with E-state index in [0.717, 1.165) is 12.3 Å². The Morgan fingerprint density at radius 3 is 2.48 bits per heavy atom. The molecule has 1 spiro atoms. The number of esters is 1. The summed E-state index contributed by atoms with van der Waals surface area (Å²) in [6.45, 7) is 8.97. The molecule has 7 atom stereocenters. The van der Waals surface area contributed by atoms with Gasteiger partial charge in [0.15, 0.2) is 0 Å². The first-order valence-electron chi connectivity index (χ1n) is 10.5. The maximum atomic E-state index is 11.7.